The van der Waals surface area contributed by atoms with Crippen molar-refractivity contribution in [2.24, 2.45) is 7.05 Å². The van der Waals surface area contributed by atoms with Gasteiger partial charge in [0.15, 0.2) is 0 Å². The van der Waals surface area contributed by atoms with E-state index in [0.29, 0.717) is 12.8 Å². The van der Waals surface area contributed by atoms with E-state index in [4.69, 9.17) is 9.47 Å². The number of esters is 2. The van der Waals surface area contributed by atoms with Crippen molar-refractivity contribution in [2.45, 2.75) is 57.7 Å². The Morgan fingerprint density at radius 3 is 2.24 bits per heavy atom. The van der Waals surface area contributed by atoms with E-state index in [1.807, 2.05) is 29.9 Å². The summed E-state index contributed by atoms with van der Waals surface area (Å²) in [6.45, 7) is 1.46. The zero-order chi connectivity index (χ0) is 20.6. The second kappa shape index (κ2) is 10.0. The van der Waals surface area contributed by atoms with Crippen LogP contribution in [0.4, 0.5) is 0 Å². The summed E-state index contributed by atoms with van der Waals surface area (Å²) in [6.07, 6.45) is 11.1. The summed E-state index contributed by atoms with van der Waals surface area (Å²) < 4.78 is 13.1. The van der Waals surface area contributed by atoms with Gasteiger partial charge in [0.05, 0.1) is 12.0 Å². The smallest absolute Gasteiger partial charge is 0.331 e. The van der Waals surface area contributed by atoms with Gasteiger partial charge in [0.1, 0.15) is 12.2 Å². The summed E-state index contributed by atoms with van der Waals surface area (Å²) >= 11 is 0. The second-order valence-corrected chi connectivity index (χ2v) is 7.55. The third kappa shape index (κ3) is 6.59. The maximum Gasteiger partial charge on any atom is 0.331 e. The molecule has 6 nitrogen and oxygen atoms in total. The average Bonchev–Trinajstić information content (AvgIpc) is 3.09. The van der Waals surface area contributed by atoms with Crippen LogP contribution in [-0.4, -0.2) is 33.7 Å². The van der Waals surface area contributed by atoms with Gasteiger partial charge in [-0.3, -0.25) is 4.79 Å². The molecule has 1 aliphatic rings. The Balaban J connectivity index is 1.68. The Morgan fingerprint density at radius 1 is 1.07 bits per heavy atom. The Morgan fingerprint density at radius 2 is 1.69 bits per heavy atom. The minimum absolute atomic E-state index is 0.103. The summed E-state index contributed by atoms with van der Waals surface area (Å²) in [5.41, 5.74) is 3.00. The minimum Gasteiger partial charge on any atom is -0.462 e. The quantitative estimate of drug-likeness (QED) is 0.583. The lowest BCUT2D eigenvalue weighted by Gasteiger charge is -2.24. The number of benzene rings is 1. The van der Waals surface area contributed by atoms with Crippen molar-refractivity contribution >= 4 is 18.0 Å². The van der Waals surface area contributed by atoms with Crippen molar-refractivity contribution in [1.82, 2.24) is 9.55 Å². The summed E-state index contributed by atoms with van der Waals surface area (Å²) in [4.78, 5) is 27.9. The molecule has 0 amide bonds. The first-order valence-electron chi connectivity index (χ1n) is 10.1. The molecule has 2 atom stereocenters. The number of carbonyl (C=O) groups excluding carboxylic acids is 2. The molecule has 2 aromatic rings. The van der Waals surface area contributed by atoms with Crippen LogP contribution in [0.1, 0.15) is 49.4 Å². The van der Waals surface area contributed by atoms with Crippen molar-refractivity contribution in [2.75, 3.05) is 0 Å². The molecule has 0 fully saturated rings. The third-order valence-electron chi connectivity index (χ3n) is 5.05. The molecule has 0 saturated heterocycles. The van der Waals surface area contributed by atoms with Crippen LogP contribution in [0.15, 0.2) is 42.9 Å². The molecule has 0 radical (unpaired) electrons. The molecule has 3 rings (SSSR count). The van der Waals surface area contributed by atoms with Gasteiger partial charge < -0.3 is 14.0 Å². The van der Waals surface area contributed by atoms with E-state index in [0.717, 1.165) is 42.5 Å². The molecule has 0 spiro atoms. The zero-order valence-electron chi connectivity index (χ0n) is 17.0. The summed E-state index contributed by atoms with van der Waals surface area (Å²) in [5, 5.41) is 0. The highest BCUT2D eigenvalue weighted by molar-refractivity contribution is 5.86. The van der Waals surface area contributed by atoms with Gasteiger partial charge in [0.25, 0.3) is 0 Å². The summed E-state index contributed by atoms with van der Waals surface area (Å²) in [5.74, 6) is -0.593. The fourth-order valence-corrected chi connectivity index (χ4v) is 3.71. The van der Waals surface area contributed by atoms with Crippen LogP contribution in [0.5, 0.6) is 0 Å². The number of ether oxygens (including phenoxy) is 2. The fraction of sp³-hybridized carbons (Fsp3) is 0.435. The number of imidazole rings is 1. The summed E-state index contributed by atoms with van der Waals surface area (Å²) in [6, 6.07) is 8.11. The highest BCUT2D eigenvalue weighted by Crippen LogP contribution is 2.23. The van der Waals surface area contributed by atoms with E-state index in [1.165, 1.54) is 13.0 Å². The fourth-order valence-electron chi connectivity index (χ4n) is 3.71. The molecule has 6 heteroatoms. The number of fused-ring (bicyclic) bond motifs is 1. The van der Waals surface area contributed by atoms with Gasteiger partial charge in [-0.2, -0.15) is 0 Å². The Bertz CT molecular complexity index is 871. The molecule has 0 saturated carbocycles. The van der Waals surface area contributed by atoms with Crippen LogP contribution in [-0.2, 0) is 39.0 Å². The highest BCUT2D eigenvalue weighted by Gasteiger charge is 2.21. The van der Waals surface area contributed by atoms with E-state index in [2.05, 4.69) is 17.1 Å². The third-order valence-corrected chi connectivity index (χ3v) is 5.05. The van der Waals surface area contributed by atoms with Gasteiger partial charge in [0, 0.05) is 39.1 Å². The molecule has 0 bridgehead atoms. The number of rotatable bonds is 4. The molecule has 154 valence electrons. The molecule has 1 heterocycles. The molecule has 1 aromatic carbocycles. The Kier molecular flexibility index (Phi) is 7.22. The predicted molar refractivity (Wildman–Crippen MR) is 110 cm³/mol. The first kappa shape index (κ1) is 20.8. The number of hydrogen-bond acceptors (Lipinski definition) is 5. The first-order chi connectivity index (χ1) is 14.0. The molecule has 1 aromatic heterocycles. The van der Waals surface area contributed by atoms with Gasteiger partial charge >= 0.3 is 11.9 Å². The first-order valence-corrected chi connectivity index (χ1v) is 10.1. The lowest BCUT2D eigenvalue weighted by Crippen LogP contribution is -2.24. The molecule has 0 N–H and O–H groups in total. The van der Waals surface area contributed by atoms with Gasteiger partial charge in [-0.05, 0) is 42.9 Å². The summed E-state index contributed by atoms with van der Waals surface area (Å²) in [7, 11) is 1.88. The van der Waals surface area contributed by atoms with E-state index in [1.54, 1.807) is 12.4 Å². The molecule has 29 heavy (non-hydrogen) atoms. The average molecular weight is 396 g/mol. The normalized spacial score (nSPS) is 20.1. The van der Waals surface area contributed by atoms with Crippen LogP contribution in [0.25, 0.3) is 6.08 Å². The molecule has 1 aliphatic carbocycles. The van der Waals surface area contributed by atoms with E-state index >= 15 is 0 Å². The van der Waals surface area contributed by atoms with Crippen LogP contribution < -0.4 is 0 Å². The van der Waals surface area contributed by atoms with E-state index < -0.39 is 0 Å². The number of hydrogen-bond donors (Lipinski definition) is 0. The standard InChI is InChI=1S/C23H28N2O4/c1-17(26)28-21-9-5-6-10-22(14-19-8-4-3-7-18(19)13-21)29-23(27)12-11-20-15-25(2)16-24-20/h3-4,7-8,11-12,15-16,21-22H,5-6,9-10,13-14H2,1-2H3. The topological polar surface area (TPSA) is 70.4 Å². The SMILES string of the molecule is CC(=O)OC1CCCCC(OC(=O)C=Cc2cn(C)cn2)Cc2ccccc2C1. The van der Waals surface area contributed by atoms with Crippen LogP contribution in [0.3, 0.4) is 0 Å². The predicted octanol–water partition coefficient (Wildman–Crippen LogP) is 3.64. The second-order valence-electron chi connectivity index (χ2n) is 7.55. The van der Waals surface area contributed by atoms with Gasteiger partial charge in [-0.25, -0.2) is 9.78 Å². The van der Waals surface area contributed by atoms with Crippen molar-refractivity contribution in [3.05, 3.63) is 59.7 Å². The molecule has 0 aliphatic heterocycles. The van der Waals surface area contributed by atoms with E-state index in [-0.39, 0.29) is 24.1 Å². The molecule has 2 unspecified atom stereocenters. The lowest BCUT2D eigenvalue weighted by atomic mass is 9.91. The van der Waals surface area contributed by atoms with Crippen molar-refractivity contribution < 1.29 is 19.1 Å². The number of aromatic nitrogens is 2. The zero-order valence-corrected chi connectivity index (χ0v) is 17.0. The van der Waals surface area contributed by atoms with E-state index in [9.17, 15) is 9.59 Å². The maximum atomic E-state index is 12.3. The van der Waals surface area contributed by atoms with Crippen LogP contribution in [0, 0.1) is 0 Å². The highest BCUT2D eigenvalue weighted by atomic mass is 16.5. The monoisotopic (exact) mass is 396 g/mol. The van der Waals surface area contributed by atoms with Crippen molar-refractivity contribution in [1.29, 1.82) is 0 Å². The van der Waals surface area contributed by atoms with Crippen molar-refractivity contribution in [3.63, 3.8) is 0 Å². The largest absolute Gasteiger partial charge is 0.462 e. The van der Waals surface area contributed by atoms with Gasteiger partial charge in [-0.1, -0.05) is 24.3 Å². The van der Waals surface area contributed by atoms with Crippen LogP contribution >= 0.6 is 0 Å². The number of carbonyl (C=O) groups is 2. The van der Waals surface area contributed by atoms with Crippen LogP contribution in [0.2, 0.25) is 0 Å². The lowest BCUT2D eigenvalue weighted by molar-refractivity contribution is -0.147. The van der Waals surface area contributed by atoms with Gasteiger partial charge in [-0.15, -0.1) is 0 Å². The van der Waals surface area contributed by atoms with Crippen molar-refractivity contribution in [3.8, 4) is 0 Å². The maximum absolute atomic E-state index is 12.3. The Hall–Kier alpha value is -2.89. The number of nitrogens with zero attached hydrogens (tertiary/aromatic N) is 2. The number of aryl methyl sites for hydroxylation is 1. The molecular formula is C23H28N2O4. The minimum atomic E-state index is -0.354. The Labute approximate surface area is 171 Å². The van der Waals surface area contributed by atoms with Gasteiger partial charge in [0.2, 0.25) is 0 Å². The molecular weight excluding hydrogens is 368 g/mol.